The molecule has 208 valence electrons. The fraction of sp³-hybridized carbons (Fsp3) is 0.393. The van der Waals surface area contributed by atoms with E-state index in [-0.39, 0.29) is 24.5 Å². The number of pyridine rings is 1. The van der Waals surface area contributed by atoms with Gasteiger partial charge in [0.25, 0.3) is 5.89 Å². The number of rotatable bonds is 6. The van der Waals surface area contributed by atoms with Gasteiger partial charge < -0.3 is 24.9 Å². The van der Waals surface area contributed by atoms with Gasteiger partial charge in [-0.1, -0.05) is 12.1 Å². The van der Waals surface area contributed by atoms with Crippen molar-refractivity contribution in [1.82, 2.24) is 35.7 Å². The van der Waals surface area contributed by atoms with Crippen molar-refractivity contribution in [2.24, 2.45) is 0 Å². The second kappa shape index (κ2) is 10.6. The first-order valence-corrected chi connectivity index (χ1v) is 13.5. The molecular formula is C28H31FN8O3. The molecule has 1 atom stereocenters. The first-order chi connectivity index (χ1) is 19.4. The third kappa shape index (κ3) is 4.96. The van der Waals surface area contributed by atoms with Crippen LogP contribution >= 0.6 is 0 Å². The Morgan fingerprint density at radius 1 is 1.23 bits per heavy atom. The molecule has 1 aromatic carbocycles. The number of oxazole rings is 1. The minimum Gasteiger partial charge on any atom is -0.437 e. The maximum atomic E-state index is 15.3. The van der Waals surface area contributed by atoms with Gasteiger partial charge in [0.05, 0.1) is 11.1 Å². The number of anilines is 1. The first-order valence-electron chi connectivity index (χ1n) is 13.5. The molecule has 11 nitrogen and oxygen atoms in total. The summed E-state index contributed by atoms with van der Waals surface area (Å²) >= 11 is 0. The Hall–Kier alpha value is -4.48. The molecule has 0 bridgehead atoms. The number of aromatic amines is 1. The van der Waals surface area contributed by atoms with Crippen LogP contribution in [0.4, 0.5) is 15.0 Å². The summed E-state index contributed by atoms with van der Waals surface area (Å²) in [4.78, 5) is 37.0. The summed E-state index contributed by atoms with van der Waals surface area (Å²) < 4.78 is 20.9. The SMILES string of the molecule is CN(C)C(=O)N[C@@H]1CCN(c2n[nH]c3nccc(-c4ccc(CNC(=O)c5nc6c(o5)CCCC6)c(F)c4)c23)C1. The van der Waals surface area contributed by atoms with E-state index in [1.165, 1.54) is 11.0 Å². The summed E-state index contributed by atoms with van der Waals surface area (Å²) in [7, 11) is 3.42. The lowest BCUT2D eigenvalue weighted by Gasteiger charge is -2.19. The van der Waals surface area contributed by atoms with Gasteiger partial charge in [0.15, 0.2) is 11.5 Å². The van der Waals surface area contributed by atoms with E-state index in [1.54, 1.807) is 26.4 Å². The summed E-state index contributed by atoms with van der Waals surface area (Å²) in [5.41, 5.74) is 3.25. The molecule has 0 saturated carbocycles. The van der Waals surface area contributed by atoms with Gasteiger partial charge >= 0.3 is 11.9 Å². The second-order valence-electron chi connectivity index (χ2n) is 10.5. The highest BCUT2D eigenvalue weighted by molar-refractivity contribution is 6.00. The largest absolute Gasteiger partial charge is 0.437 e. The lowest BCUT2D eigenvalue weighted by atomic mass is 10.0. The number of nitrogens with one attached hydrogen (secondary N) is 3. The molecule has 1 aliphatic carbocycles. The van der Waals surface area contributed by atoms with Crippen molar-refractivity contribution < 1.29 is 18.4 Å². The van der Waals surface area contributed by atoms with Crippen LogP contribution in [-0.4, -0.2) is 70.2 Å². The Bertz CT molecular complexity index is 1560. The fourth-order valence-corrected chi connectivity index (χ4v) is 5.34. The van der Waals surface area contributed by atoms with Crippen LogP contribution in [0.3, 0.4) is 0 Å². The fourth-order valence-electron chi connectivity index (χ4n) is 5.34. The van der Waals surface area contributed by atoms with Gasteiger partial charge in [0.2, 0.25) is 0 Å². The Labute approximate surface area is 230 Å². The maximum absolute atomic E-state index is 15.3. The number of halogens is 1. The number of carbonyl (C=O) groups excluding carboxylic acids is 2. The number of aryl methyl sites for hydroxylation is 2. The molecule has 3 N–H and O–H groups in total. The summed E-state index contributed by atoms with van der Waals surface area (Å²) in [6.07, 6.45) is 6.11. The number of H-pyrrole nitrogens is 1. The number of carbonyl (C=O) groups is 2. The van der Waals surface area contributed by atoms with Gasteiger partial charge in [0, 0.05) is 58.0 Å². The molecular weight excluding hydrogens is 515 g/mol. The van der Waals surface area contributed by atoms with Crippen LogP contribution in [0.25, 0.3) is 22.2 Å². The molecule has 12 heteroatoms. The molecule has 4 aromatic rings. The Balaban J connectivity index is 1.19. The number of nitrogens with zero attached hydrogens (tertiary/aromatic N) is 5. The van der Waals surface area contributed by atoms with Crippen molar-refractivity contribution in [2.75, 3.05) is 32.1 Å². The normalized spacial score (nSPS) is 16.7. The standard InChI is InChI=1S/C28H31FN8O3/c1-36(2)28(39)32-18-10-12-37(15-18)25-23-19(9-11-30-24(23)34-35-25)16-7-8-17(20(29)13-16)14-31-26(38)27-33-21-5-3-4-6-22(21)40-27/h7-9,11,13,18H,3-6,10,12,14-15H2,1-2H3,(H,31,38)(H,32,39)(H,30,34,35)/t18-/m1/s1. The van der Waals surface area contributed by atoms with Crippen LogP contribution in [0.2, 0.25) is 0 Å². The average molecular weight is 547 g/mol. The van der Waals surface area contributed by atoms with Crippen LogP contribution in [-0.2, 0) is 19.4 Å². The lowest BCUT2D eigenvalue weighted by Crippen LogP contribution is -2.42. The van der Waals surface area contributed by atoms with Gasteiger partial charge in [-0.15, -0.1) is 0 Å². The van der Waals surface area contributed by atoms with Crippen LogP contribution in [0.1, 0.15) is 47.0 Å². The molecule has 40 heavy (non-hydrogen) atoms. The van der Waals surface area contributed by atoms with Gasteiger partial charge in [0.1, 0.15) is 11.6 Å². The molecule has 4 heterocycles. The van der Waals surface area contributed by atoms with E-state index in [9.17, 15) is 9.59 Å². The number of hydrogen-bond acceptors (Lipinski definition) is 7. The number of aromatic nitrogens is 4. The number of hydrogen-bond donors (Lipinski definition) is 3. The van der Waals surface area contributed by atoms with E-state index in [4.69, 9.17) is 4.42 Å². The highest BCUT2D eigenvalue weighted by Crippen LogP contribution is 2.35. The van der Waals surface area contributed by atoms with E-state index in [0.29, 0.717) is 35.7 Å². The number of benzene rings is 1. The summed E-state index contributed by atoms with van der Waals surface area (Å²) in [5, 5.41) is 14.0. The predicted octanol–water partition coefficient (Wildman–Crippen LogP) is 3.41. The summed E-state index contributed by atoms with van der Waals surface area (Å²) in [5.74, 6) is 0.623. The number of amides is 3. The second-order valence-corrected chi connectivity index (χ2v) is 10.5. The van der Waals surface area contributed by atoms with Gasteiger partial charge in [-0.3, -0.25) is 9.89 Å². The molecule has 1 fully saturated rings. The lowest BCUT2D eigenvalue weighted by molar-refractivity contribution is 0.0914. The van der Waals surface area contributed by atoms with Crippen molar-refractivity contribution in [1.29, 1.82) is 0 Å². The van der Waals surface area contributed by atoms with E-state index in [1.807, 2.05) is 12.1 Å². The van der Waals surface area contributed by atoms with E-state index in [2.05, 4.69) is 35.7 Å². The predicted molar refractivity (Wildman–Crippen MR) is 146 cm³/mol. The minimum atomic E-state index is -0.456. The molecule has 0 unspecified atom stereocenters. The topological polar surface area (TPSA) is 132 Å². The Morgan fingerprint density at radius 3 is 2.88 bits per heavy atom. The first kappa shape index (κ1) is 25.8. The summed E-state index contributed by atoms with van der Waals surface area (Å²) in [6, 6.07) is 6.65. The van der Waals surface area contributed by atoms with Crippen molar-refractivity contribution in [3.8, 4) is 11.1 Å². The number of urea groups is 1. The third-order valence-corrected chi connectivity index (χ3v) is 7.51. The highest BCUT2D eigenvalue weighted by Gasteiger charge is 2.28. The third-order valence-electron chi connectivity index (χ3n) is 7.51. The number of fused-ring (bicyclic) bond motifs is 2. The summed E-state index contributed by atoms with van der Waals surface area (Å²) in [6.45, 7) is 1.33. The monoisotopic (exact) mass is 546 g/mol. The van der Waals surface area contributed by atoms with Crippen molar-refractivity contribution >= 4 is 28.8 Å². The highest BCUT2D eigenvalue weighted by atomic mass is 19.1. The maximum Gasteiger partial charge on any atom is 0.317 e. The molecule has 0 radical (unpaired) electrons. The van der Waals surface area contributed by atoms with Crippen molar-refractivity contribution in [3.63, 3.8) is 0 Å². The van der Waals surface area contributed by atoms with Crippen molar-refractivity contribution in [2.45, 2.75) is 44.7 Å². The zero-order valence-corrected chi connectivity index (χ0v) is 22.5. The zero-order valence-electron chi connectivity index (χ0n) is 22.5. The van der Waals surface area contributed by atoms with Crippen LogP contribution in [0.5, 0.6) is 0 Å². The minimum absolute atomic E-state index is 0.00413. The van der Waals surface area contributed by atoms with E-state index >= 15 is 4.39 Å². The van der Waals surface area contributed by atoms with Crippen LogP contribution in [0, 0.1) is 5.82 Å². The average Bonchev–Trinajstić information content (AvgIpc) is 3.70. The Morgan fingerprint density at radius 2 is 2.08 bits per heavy atom. The van der Waals surface area contributed by atoms with Gasteiger partial charge in [-0.05, 0) is 48.9 Å². The molecule has 2 aliphatic rings. The zero-order chi connectivity index (χ0) is 27.8. The van der Waals surface area contributed by atoms with Crippen LogP contribution < -0.4 is 15.5 Å². The molecule has 1 aliphatic heterocycles. The molecule has 3 aromatic heterocycles. The smallest absolute Gasteiger partial charge is 0.317 e. The Kier molecular flexibility index (Phi) is 6.82. The molecule has 1 saturated heterocycles. The van der Waals surface area contributed by atoms with E-state index in [0.717, 1.165) is 54.5 Å². The molecule has 6 rings (SSSR count). The van der Waals surface area contributed by atoms with Crippen molar-refractivity contribution in [3.05, 3.63) is 59.2 Å². The van der Waals surface area contributed by atoms with Crippen LogP contribution in [0.15, 0.2) is 34.9 Å². The van der Waals surface area contributed by atoms with E-state index < -0.39 is 11.7 Å². The molecule has 3 amide bonds. The molecule has 0 spiro atoms. The van der Waals surface area contributed by atoms with Gasteiger partial charge in [-0.2, -0.15) is 5.10 Å². The quantitative estimate of drug-likeness (QED) is 0.338. The van der Waals surface area contributed by atoms with Gasteiger partial charge in [-0.25, -0.2) is 19.2 Å².